The van der Waals surface area contributed by atoms with Crippen LogP contribution in [0.2, 0.25) is 0 Å². The van der Waals surface area contributed by atoms with Crippen LogP contribution in [0.15, 0.2) is 48.8 Å². The van der Waals surface area contributed by atoms with Crippen LogP contribution in [0.5, 0.6) is 0 Å². The summed E-state index contributed by atoms with van der Waals surface area (Å²) < 4.78 is 0. The van der Waals surface area contributed by atoms with Gasteiger partial charge in [0.25, 0.3) is 5.69 Å². The number of amides is 2. The maximum atomic E-state index is 12.0. The van der Waals surface area contributed by atoms with E-state index in [4.69, 9.17) is 0 Å². The van der Waals surface area contributed by atoms with Gasteiger partial charge >= 0.3 is 6.03 Å². The van der Waals surface area contributed by atoms with Crippen molar-refractivity contribution in [3.8, 4) is 0 Å². The van der Waals surface area contributed by atoms with E-state index in [0.717, 1.165) is 0 Å². The molecule has 0 aliphatic carbocycles. The molecule has 7 nitrogen and oxygen atoms in total. The van der Waals surface area contributed by atoms with Gasteiger partial charge in [0.05, 0.1) is 16.8 Å². The topological polar surface area (TPSA) is 88.4 Å². The van der Waals surface area contributed by atoms with Crippen LogP contribution >= 0.6 is 0 Å². The number of nitro groups is 1. The van der Waals surface area contributed by atoms with E-state index in [-0.39, 0.29) is 11.7 Å². The largest absolute Gasteiger partial charge is 0.326 e. The lowest BCUT2D eigenvalue weighted by Gasteiger charge is -2.17. The number of hydrogen-bond acceptors (Lipinski definition) is 4. The monoisotopic (exact) mass is 272 g/mol. The van der Waals surface area contributed by atoms with E-state index in [0.29, 0.717) is 11.4 Å². The number of nitrogens with zero attached hydrogens (tertiary/aromatic N) is 3. The molecular weight excluding hydrogens is 260 g/mol. The van der Waals surface area contributed by atoms with Gasteiger partial charge in [-0.15, -0.1) is 0 Å². The predicted molar refractivity (Wildman–Crippen MR) is 74.8 cm³/mol. The Kier molecular flexibility index (Phi) is 3.90. The summed E-state index contributed by atoms with van der Waals surface area (Å²) >= 11 is 0. The summed E-state index contributed by atoms with van der Waals surface area (Å²) in [5, 5.41) is 13.2. The van der Waals surface area contributed by atoms with E-state index in [9.17, 15) is 14.9 Å². The van der Waals surface area contributed by atoms with Crippen LogP contribution in [0.1, 0.15) is 0 Å². The highest BCUT2D eigenvalue weighted by molar-refractivity contribution is 6.01. The molecule has 1 N–H and O–H groups in total. The van der Waals surface area contributed by atoms with E-state index in [2.05, 4.69) is 10.3 Å². The number of non-ortho nitro benzene ring substituents is 1. The molecule has 1 aromatic heterocycles. The quantitative estimate of drug-likeness (QED) is 0.687. The summed E-state index contributed by atoms with van der Waals surface area (Å²) in [6.45, 7) is 0. The molecule has 20 heavy (non-hydrogen) atoms. The zero-order chi connectivity index (χ0) is 14.5. The van der Waals surface area contributed by atoms with Gasteiger partial charge in [0.1, 0.15) is 0 Å². The summed E-state index contributed by atoms with van der Waals surface area (Å²) in [5.41, 5.74) is 1.10. The van der Waals surface area contributed by atoms with Crippen molar-refractivity contribution < 1.29 is 9.72 Å². The molecule has 1 aromatic carbocycles. The van der Waals surface area contributed by atoms with Gasteiger partial charge in [-0.25, -0.2) is 4.79 Å². The molecule has 0 radical (unpaired) electrons. The van der Waals surface area contributed by atoms with Crippen molar-refractivity contribution in [2.45, 2.75) is 0 Å². The number of nitro benzene ring substituents is 1. The Labute approximate surface area is 115 Å². The SMILES string of the molecule is CN(C(=O)Nc1ccc([N+](=O)[O-])cc1)c1cccnc1. The summed E-state index contributed by atoms with van der Waals surface area (Å²) in [7, 11) is 1.61. The first kappa shape index (κ1) is 13.5. The number of pyridine rings is 1. The molecule has 0 atom stereocenters. The van der Waals surface area contributed by atoms with E-state index in [1.165, 1.54) is 29.2 Å². The third-order valence-corrected chi connectivity index (χ3v) is 2.67. The second-order valence-electron chi connectivity index (χ2n) is 4.00. The highest BCUT2D eigenvalue weighted by atomic mass is 16.6. The highest BCUT2D eigenvalue weighted by Gasteiger charge is 2.11. The molecule has 0 saturated carbocycles. The van der Waals surface area contributed by atoms with Crippen LogP contribution in [-0.2, 0) is 0 Å². The van der Waals surface area contributed by atoms with Gasteiger partial charge in [-0.3, -0.25) is 20.0 Å². The van der Waals surface area contributed by atoms with Crippen molar-refractivity contribution in [2.75, 3.05) is 17.3 Å². The third-order valence-electron chi connectivity index (χ3n) is 2.67. The Morgan fingerprint density at radius 2 is 2.00 bits per heavy atom. The molecule has 1 heterocycles. The Bertz CT molecular complexity index is 613. The van der Waals surface area contributed by atoms with Gasteiger partial charge in [-0.2, -0.15) is 0 Å². The maximum Gasteiger partial charge on any atom is 0.326 e. The number of benzene rings is 1. The second-order valence-corrected chi connectivity index (χ2v) is 4.00. The first-order valence-electron chi connectivity index (χ1n) is 5.77. The minimum absolute atomic E-state index is 0.0244. The number of carbonyl (C=O) groups is 1. The fraction of sp³-hybridized carbons (Fsp3) is 0.0769. The van der Waals surface area contributed by atoms with Crippen LogP contribution in [0.4, 0.5) is 21.9 Å². The Morgan fingerprint density at radius 1 is 1.30 bits per heavy atom. The van der Waals surface area contributed by atoms with Crippen molar-refractivity contribution in [3.63, 3.8) is 0 Å². The third kappa shape index (κ3) is 3.08. The first-order valence-corrected chi connectivity index (χ1v) is 5.77. The summed E-state index contributed by atoms with van der Waals surface area (Å²) in [5.74, 6) is 0. The molecular formula is C13H12N4O3. The summed E-state index contributed by atoms with van der Waals surface area (Å²) in [4.78, 5) is 27.3. The minimum atomic E-state index is -0.493. The van der Waals surface area contributed by atoms with Crippen molar-refractivity contribution in [1.82, 2.24) is 4.98 Å². The molecule has 0 aliphatic heterocycles. The van der Waals surface area contributed by atoms with E-state index >= 15 is 0 Å². The molecule has 102 valence electrons. The molecule has 2 aromatic rings. The number of hydrogen-bond donors (Lipinski definition) is 1. The van der Waals surface area contributed by atoms with Gasteiger partial charge in [-0.05, 0) is 24.3 Å². The van der Waals surface area contributed by atoms with Crippen molar-refractivity contribution in [3.05, 3.63) is 58.9 Å². The number of urea groups is 1. The number of aromatic nitrogens is 1. The van der Waals surface area contributed by atoms with Crippen LogP contribution in [-0.4, -0.2) is 23.0 Å². The van der Waals surface area contributed by atoms with E-state index in [1.54, 1.807) is 31.6 Å². The minimum Gasteiger partial charge on any atom is -0.308 e. The zero-order valence-corrected chi connectivity index (χ0v) is 10.7. The summed E-state index contributed by atoms with van der Waals surface area (Å²) in [6, 6.07) is 8.75. The average Bonchev–Trinajstić information content (AvgIpc) is 2.48. The summed E-state index contributed by atoms with van der Waals surface area (Å²) in [6.07, 6.45) is 3.18. The molecule has 0 unspecified atom stereocenters. The van der Waals surface area contributed by atoms with Gasteiger partial charge < -0.3 is 5.32 Å². The van der Waals surface area contributed by atoms with Crippen LogP contribution < -0.4 is 10.2 Å². The second kappa shape index (κ2) is 5.79. The van der Waals surface area contributed by atoms with Crippen LogP contribution in [0.25, 0.3) is 0 Å². The van der Waals surface area contributed by atoms with E-state index in [1.807, 2.05) is 0 Å². The lowest BCUT2D eigenvalue weighted by molar-refractivity contribution is -0.384. The number of carbonyl (C=O) groups excluding carboxylic acids is 1. The number of rotatable bonds is 3. The number of nitrogens with one attached hydrogen (secondary N) is 1. The van der Waals surface area contributed by atoms with Gasteiger partial charge in [0, 0.05) is 31.1 Å². The lowest BCUT2D eigenvalue weighted by atomic mass is 10.3. The molecule has 0 aliphatic rings. The Hall–Kier alpha value is -2.96. The van der Waals surface area contributed by atoms with Crippen molar-refractivity contribution in [1.29, 1.82) is 0 Å². The molecule has 0 saturated heterocycles. The maximum absolute atomic E-state index is 12.0. The van der Waals surface area contributed by atoms with Crippen molar-refractivity contribution in [2.24, 2.45) is 0 Å². The van der Waals surface area contributed by atoms with Crippen molar-refractivity contribution >= 4 is 23.1 Å². The molecule has 7 heteroatoms. The fourth-order valence-corrected chi connectivity index (χ4v) is 1.54. The van der Waals surface area contributed by atoms with Gasteiger partial charge in [-0.1, -0.05) is 0 Å². The smallest absolute Gasteiger partial charge is 0.308 e. The molecule has 0 bridgehead atoms. The van der Waals surface area contributed by atoms with E-state index < -0.39 is 4.92 Å². The highest BCUT2D eigenvalue weighted by Crippen LogP contribution is 2.17. The average molecular weight is 272 g/mol. The standard InChI is InChI=1S/C13H12N4O3/c1-16(12-3-2-8-14-9-12)13(18)15-10-4-6-11(7-5-10)17(19)20/h2-9H,1H3,(H,15,18). The molecule has 0 spiro atoms. The molecule has 2 rings (SSSR count). The normalized spacial score (nSPS) is 9.85. The number of anilines is 2. The van der Waals surface area contributed by atoms with Gasteiger partial charge in [0.2, 0.25) is 0 Å². The Morgan fingerprint density at radius 3 is 2.55 bits per heavy atom. The van der Waals surface area contributed by atoms with Gasteiger partial charge in [0.15, 0.2) is 0 Å². The predicted octanol–water partition coefficient (Wildman–Crippen LogP) is 2.66. The lowest BCUT2D eigenvalue weighted by Crippen LogP contribution is -2.31. The molecule has 2 amide bonds. The van der Waals surface area contributed by atoms with Crippen LogP contribution in [0, 0.1) is 10.1 Å². The fourth-order valence-electron chi connectivity index (χ4n) is 1.54. The van der Waals surface area contributed by atoms with Crippen LogP contribution in [0.3, 0.4) is 0 Å². The first-order chi connectivity index (χ1) is 9.58. The zero-order valence-electron chi connectivity index (χ0n) is 10.7. The molecule has 0 fully saturated rings. The Balaban J connectivity index is 2.06.